The number of halogens is 4. The van der Waals surface area contributed by atoms with E-state index in [-0.39, 0.29) is 16.5 Å². The molecule has 0 amide bonds. The molecule has 2 aromatic heterocycles. The zero-order valence-electron chi connectivity index (χ0n) is 8.74. The van der Waals surface area contributed by atoms with Crippen LogP contribution in [0.1, 0.15) is 5.69 Å². The second kappa shape index (κ2) is 4.41. The number of rotatable bonds is 1. The van der Waals surface area contributed by atoms with Crippen molar-refractivity contribution >= 4 is 17.3 Å². The number of nitrogen functional groups attached to an aromatic ring is 1. The molecule has 8 heteroatoms. The van der Waals surface area contributed by atoms with Gasteiger partial charge in [-0.1, -0.05) is 11.6 Å². The average molecular weight is 275 g/mol. The first kappa shape index (κ1) is 12.6. The van der Waals surface area contributed by atoms with Crippen LogP contribution in [0.15, 0.2) is 24.5 Å². The number of anilines is 1. The molecule has 0 spiro atoms. The van der Waals surface area contributed by atoms with Crippen LogP contribution in [0.2, 0.25) is 5.02 Å². The lowest BCUT2D eigenvalue weighted by Crippen LogP contribution is -2.13. The predicted molar refractivity (Wildman–Crippen MR) is 59.7 cm³/mol. The SMILES string of the molecule is Nc1cnc(-c2ncccc2Cl)nc1C(F)(F)F. The van der Waals surface area contributed by atoms with Gasteiger partial charge in [-0.3, -0.25) is 4.98 Å². The Kier molecular flexibility index (Phi) is 3.08. The van der Waals surface area contributed by atoms with E-state index in [2.05, 4.69) is 15.0 Å². The number of nitrogens with two attached hydrogens (primary N) is 1. The van der Waals surface area contributed by atoms with Gasteiger partial charge in [-0.05, 0) is 12.1 Å². The number of aromatic nitrogens is 3. The van der Waals surface area contributed by atoms with Crippen LogP contribution in [0, 0.1) is 0 Å². The molecule has 0 aliphatic heterocycles. The van der Waals surface area contributed by atoms with E-state index in [0.29, 0.717) is 0 Å². The second-order valence-electron chi connectivity index (χ2n) is 3.33. The average Bonchev–Trinajstić information content (AvgIpc) is 2.29. The Morgan fingerprint density at radius 2 is 1.94 bits per heavy atom. The summed E-state index contributed by atoms with van der Waals surface area (Å²) in [5.41, 5.74) is 3.52. The van der Waals surface area contributed by atoms with E-state index in [1.54, 1.807) is 6.07 Å². The quantitative estimate of drug-likeness (QED) is 0.868. The molecule has 0 radical (unpaired) electrons. The summed E-state index contributed by atoms with van der Waals surface area (Å²) >= 11 is 5.81. The molecule has 0 aliphatic rings. The molecule has 18 heavy (non-hydrogen) atoms. The summed E-state index contributed by atoms with van der Waals surface area (Å²) in [7, 11) is 0. The van der Waals surface area contributed by atoms with Crippen LogP contribution in [0.5, 0.6) is 0 Å². The minimum absolute atomic E-state index is 0.0738. The van der Waals surface area contributed by atoms with Crippen LogP contribution >= 0.6 is 11.6 Å². The maximum atomic E-state index is 12.6. The Balaban J connectivity index is 2.58. The monoisotopic (exact) mass is 274 g/mol. The van der Waals surface area contributed by atoms with Gasteiger partial charge in [0.25, 0.3) is 0 Å². The van der Waals surface area contributed by atoms with Gasteiger partial charge in [0.2, 0.25) is 0 Å². The van der Waals surface area contributed by atoms with Crippen molar-refractivity contribution in [3.8, 4) is 11.5 Å². The first-order chi connectivity index (χ1) is 8.39. The van der Waals surface area contributed by atoms with Crippen molar-refractivity contribution in [3.63, 3.8) is 0 Å². The zero-order chi connectivity index (χ0) is 13.3. The third kappa shape index (κ3) is 2.35. The highest BCUT2D eigenvalue weighted by molar-refractivity contribution is 6.32. The van der Waals surface area contributed by atoms with Gasteiger partial charge in [-0.25, -0.2) is 9.97 Å². The van der Waals surface area contributed by atoms with Crippen molar-refractivity contribution < 1.29 is 13.2 Å². The Hall–Kier alpha value is -1.89. The molecule has 94 valence electrons. The highest BCUT2D eigenvalue weighted by atomic mass is 35.5. The Bertz CT molecular complexity index is 586. The van der Waals surface area contributed by atoms with E-state index >= 15 is 0 Å². The molecule has 2 N–H and O–H groups in total. The summed E-state index contributed by atoms with van der Waals surface area (Å²) in [5, 5.41) is 0.162. The molecule has 0 atom stereocenters. The van der Waals surface area contributed by atoms with Crippen molar-refractivity contribution in [2.45, 2.75) is 6.18 Å². The lowest BCUT2D eigenvalue weighted by Gasteiger charge is -2.09. The van der Waals surface area contributed by atoms with Crippen LogP contribution < -0.4 is 5.73 Å². The fourth-order valence-corrected chi connectivity index (χ4v) is 1.49. The van der Waals surface area contributed by atoms with Gasteiger partial charge < -0.3 is 5.73 Å². The van der Waals surface area contributed by atoms with Gasteiger partial charge in [-0.15, -0.1) is 0 Å². The Morgan fingerprint density at radius 3 is 2.56 bits per heavy atom. The fourth-order valence-electron chi connectivity index (χ4n) is 1.28. The molecule has 2 heterocycles. The second-order valence-corrected chi connectivity index (χ2v) is 3.74. The fraction of sp³-hybridized carbons (Fsp3) is 0.100. The summed E-state index contributed by atoms with van der Waals surface area (Å²) < 4.78 is 37.9. The normalized spacial score (nSPS) is 11.6. The van der Waals surface area contributed by atoms with Crippen molar-refractivity contribution in [1.29, 1.82) is 0 Å². The summed E-state index contributed by atoms with van der Waals surface area (Å²) in [6.45, 7) is 0. The summed E-state index contributed by atoms with van der Waals surface area (Å²) in [6.07, 6.45) is -2.38. The molecule has 0 fully saturated rings. The van der Waals surface area contributed by atoms with Gasteiger partial charge in [0.1, 0.15) is 5.69 Å². The van der Waals surface area contributed by atoms with Gasteiger partial charge in [0, 0.05) is 6.20 Å². The van der Waals surface area contributed by atoms with Gasteiger partial charge in [-0.2, -0.15) is 13.2 Å². The molecule has 0 unspecified atom stereocenters. The van der Waals surface area contributed by atoms with Crippen LogP contribution in [0.25, 0.3) is 11.5 Å². The maximum Gasteiger partial charge on any atom is 0.435 e. The molecule has 0 bridgehead atoms. The van der Waals surface area contributed by atoms with E-state index in [9.17, 15) is 13.2 Å². The maximum absolute atomic E-state index is 12.6. The molecule has 2 rings (SSSR count). The molecule has 0 saturated heterocycles. The molecule has 0 saturated carbocycles. The minimum atomic E-state index is -4.65. The lowest BCUT2D eigenvalue weighted by molar-refractivity contribution is -0.140. The first-order valence-corrected chi connectivity index (χ1v) is 5.08. The van der Waals surface area contributed by atoms with E-state index in [1.165, 1.54) is 12.3 Å². The largest absolute Gasteiger partial charge is 0.435 e. The summed E-state index contributed by atoms with van der Waals surface area (Å²) in [4.78, 5) is 10.9. The van der Waals surface area contributed by atoms with Gasteiger partial charge in [0.15, 0.2) is 11.5 Å². The zero-order valence-corrected chi connectivity index (χ0v) is 9.50. The van der Waals surface area contributed by atoms with Crippen LogP contribution in [-0.2, 0) is 6.18 Å². The van der Waals surface area contributed by atoms with Crippen molar-refractivity contribution in [2.24, 2.45) is 0 Å². The number of alkyl halides is 3. The number of pyridine rings is 1. The van der Waals surface area contributed by atoms with E-state index < -0.39 is 17.6 Å². The molecule has 2 aromatic rings. The van der Waals surface area contributed by atoms with Crippen molar-refractivity contribution in [1.82, 2.24) is 15.0 Å². The smallest absolute Gasteiger partial charge is 0.396 e. The third-order valence-corrected chi connectivity index (χ3v) is 2.36. The van der Waals surface area contributed by atoms with Crippen LogP contribution in [-0.4, -0.2) is 15.0 Å². The van der Waals surface area contributed by atoms with Gasteiger partial charge in [0.05, 0.1) is 16.9 Å². The van der Waals surface area contributed by atoms with E-state index in [4.69, 9.17) is 17.3 Å². The molecule has 4 nitrogen and oxygen atoms in total. The predicted octanol–water partition coefficient (Wildman–Crippen LogP) is 2.79. The Labute approximate surface area is 105 Å². The van der Waals surface area contributed by atoms with Crippen LogP contribution in [0.4, 0.5) is 18.9 Å². The first-order valence-electron chi connectivity index (χ1n) is 4.70. The Morgan fingerprint density at radius 1 is 1.22 bits per heavy atom. The topological polar surface area (TPSA) is 64.7 Å². The lowest BCUT2D eigenvalue weighted by atomic mass is 10.3. The number of hydrogen-bond acceptors (Lipinski definition) is 4. The third-order valence-electron chi connectivity index (χ3n) is 2.06. The highest BCUT2D eigenvalue weighted by Gasteiger charge is 2.35. The molecular formula is C10H6ClF3N4. The molecule has 0 aliphatic carbocycles. The van der Waals surface area contributed by atoms with Gasteiger partial charge >= 0.3 is 6.18 Å². The minimum Gasteiger partial charge on any atom is -0.396 e. The van der Waals surface area contributed by atoms with E-state index in [0.717, 1.165) is 6.20 Å². The molecule has 0 aromatic carbocycles. The van der Waals surface area contributed by atoms with E-state index in [1.807, 2.05) is 0 Å². The summed E-state index contributed by atoms with van der Waals surface area (Å²) in [6, 6.07) is 3.03. The van der Waals surface area contributed by atoms with Crippen molar-refractivity contribution in [3.05, 3.63) is 35.2 Å². The number of nitrogens with zero attached hydrogens (tertiary/aromatic N) is 3. The summed E-state index contributed by atoms with van der Waals surface area (Å²) in [5.74, 6) is -0.220. The molecular weight excluding hydrogens is 269 g/mol. The highest BCUT2D eigenvalue weighted by Crippen LogP contribution is 2.33. The number of hydrogen-bond donors (Lipinski definition) is 1. The van der Waals surface area contributed by atoms with Crippen LogP contribution in [0.3, 0.4) is 0 Å². The standard InChI is InChI=1S/C10H6ClF3N4/c11-5-2-1-3-16-7(5)9-17-4-6(15)8(18-9)10(12,13)14/h1-4H,15H2. The van der Waals surface area contributed by atoms with Crippen molar-refractivity contribution in [2.75, 3.05) is 5.73 Å².